The number of allylic oxidation sites excluding steroid dienone is 4. The van der Waals surface area contributed by atoms with E-state index in [2.05, 4.69) is 48.5 Å². The fraction of sp³-hybridized carbons (Fsp3) is 0.522. The molecule has 0 heterocycles. The average molecular weight is 373 g/mol. The van der Waals surface area contributed by atoms with Crippen LogP contribution in [-0.4, -0.2) is 25.1 Å². The van der Waals surface area contributed by atoms with Gasteiger partial charge in [0.15, 0.2) is 17.3 Å². The Morgan fingerprint density at radius 2 is 1.22 bits per heavy atom. The van der Waals surface area contributed by atoms with Crippen LogP contribution in [0.1, 0.15) is 54.0 Å². The molecule has 0 spiro atoms. The smallest absolute Gasteiger partial charge is 0.200 e. The standard InChI is InChI=1S/C23H32O4/c1-21(2,3)15-12-23(7,13-16(19(15)24)22(4,5)6)14-10-17(26-8)20(25)18(11-14)27-9/h10-13,25H,1-9H3. The van der Waals surface area contributed by atoms with Crippen molar-refractivity contribution in [3.8, 4) is 17.2 Å². The van der Waals surface area contributed by atoms with E-state index in [1.807, 2.05) is 12.2 Å². The molecule has 0 atom stereocenters. The summed E-state index contributed by atoms with van der Waals surface area (Å²) in [5.74, 6) is 0.766. The predicted octanol–water partition coefficient (Wildman–Crippen LogP) is 5.19. The zero-order valence-corrected chi connectivity index (χ0v) is 18.0. The molecule has 0 aromatic heterocycles. The molecule has 0 amide bonds. The number of phenols is 1. The number of carbonyl (C=O) groups is 1. The van der Waals surface area contributed by atoms with Crippen LogP contribution < -0.4 is 9.47 Å². The highest BCUT2D eigenvalue weighted by molar-refractivity contribution is 6.11. The van der Waals surface area contributed by atoms with E-state index in [-0.39, 0.29) is 22.4 Å². The minimum absolute atomic E-state index is 0.0284. The van der Waals surface area contributed by atoms with Crippen LogP contribution in [0.2, 0.25) is 0 Å². The zero-order valence-electron chi connectivity index (χ0n) is 18.0. The van der Waals surface area contributed by atoms with Gasteiger partial charge in [0.25, 0.3) is 0 Å². The number of Topliss-reactive ketones (excluding diaryl/α,β-unsaturated/α-hetero) is 1. The molecule has 0 bridgehead atoms. The van der Waals surface area contributed by atoms with Gasteiger partial charge in [0.2, 0.25) is 5.75 Å². The number of benzene rings is 1. The Morgan fingerprint density at radius 3 is 1.52 bits per heavy atom. The maximum Gasteiger partial charge on any atom is 0.200 e. The highest BCUT2D eigenvalue weighted by Crippen LogP contribution is 2.47. The van der Waals surface area contributed by atoms with E-state index in [1.54, 1.807) is 12.1 Å². The quantitative estimate of drug-likeness (QED) is 0.793. The Labute approximate surface area is 162 Å². The Hall–Kier alpha value is -2.23. The molecule has 2 rings (SSSR count). The topological polar surface area (TPSA) is 55.8 Å². The molecule has 0 radical (unpaired) electrons. The van der Waals surface area contributed by atoms with Gasteiger partial charge >= 0.3 is 0 Å². The third kappa shape index (κ3) is 3.90. The van der Waals surface area contributed by atoms with Crippen LogP contribution in [0.4, 0.5) is 0 Å². The molecule has 1 aliphatic rings. The van der Waals surface area contributed by atoms with Crippen molar-refractivity contribution >= 4 is 5.78 Å². The SMILES string of the molecule is COc1cc(C2(C)C=C(C(C)(C)C)C(=O)C(C(C)(C)C)=C2)cc(OC)c1O. The van der Waals surface area contributed by atoms with Crippen LogP contribution >= 0.6 is 0 Å². The van der Waals surface area contributed by atoms with E-state index < -0.39 is 5.41 Å². The molecule has 1 aromatic rings. The van der Waals surface area contributed by atoms with E-state index in [9.17, 15) is 9.90 Å². The second kappa shape index (κ2) is 6.74. The molecule has 1 N–H and O–H groups in total. The van der Waals surface area contributed by atoms with E-state index in [0.717, 1.165) is 16.7 Å². The second-order valence-corrected chi connectivity index (χ2v) is 9.46. The summed E-state index contributed by atoms with van der Waals surface area (Å²) in [6, 6.07) is 3.61. The van der Waals surface area contributed by atoms with E-state index in [1.165, 1.54) is 14.2 Å². The van der Waals surface area contributed by atoms with Crippen molar-refractivity contribution in [2.45, 2.75) is 53.9 Å². The molecule has 0 fully saturated rings. The lowest BCUT2D eigenvalue weighted by Gasteiger charge is -2.38. The molecule has 4 heteroatoms. The van der Waals surface area contributed by atoms with Crippen LogP contribution in [0.25, 0.3) is 0 Å². The molecular weight excluding hydrogens is 340 g/mol. The summed E-state index contributed by atoms with van der Waals surface area (Å²) < 4.78 is 10.7. The van der Waals surface area contributed by atoms with Crippen LogP contribution in [0.15, 0.2) is 35.4 Å². The highest BCUT2D eigenvalue weighted by Gasteiger charge is 2.40. The van der Waals surface area contributed by atoms with Gasteiger partial charge < -0.3 is 14.6 Å². The molecule has 27 heavy (non-hydrogen) atoms. The van der Waals surface area contributed by atoms with Gasteiger partial charge in [0.1, 0.15) is 0 Å². The second-order valence-electron chi connectivity index (χ2n) is 9.46. The Balaban J connectivity index is 2.81. The molecule has 1 aromatic carbocycles. The van der Waals surface area contributed by atoms with Crippen molar-refractivity contribution < 1.29 is 19.4 Å². The average Bonchev–Trinajstić information content (AvgIpc) is 2.55. The number of ketones is 1. The first-order valence-corrected chi connectivity index (χ1v) is 9.21. The van der Waals surface area contributed by atoms with Crippen molar-refractivity contribution in [2.24, 2.45) is 10.8 Å². The van der Waals surface area contributed by atoms with Gasteiger partial charge in [-0.3, -0.25) is 4.79 Å². The van der Waals surface area contributed by atoms with Crippen molar-refractivity contribution in [1.82, 2.24) is 0 Å². The summed E-state index contributed by atoms with van der Waals surface area (Å²) >= 11 is 0. The van der Waals surface area contributed by atoms with Crippen LogP contribution in [-0.2, 0) is 10.2 Å². The fourth-order valence-electron chi connectivity index (χ4n) is 3.40. The lowest BCUT2D eigenvalue weighted by molar-refractivity contribution is -0.114. The minimum Gasteiger partial charge on any atom is -0.502 e. The Kier molecular flexibility index (Phi) is 5.26. The third-order valence-corrected chi connectivity index (χ3v) is 5.10. The van der Waals surface area contributed by atoms with Crippen LogP contribution in [0.5, 0.6) is 17.2 Å². The maximum atomic E-state index is 13.2. The lowest BCUT2D eigenvalue weighted by atomic mass is 9.65. The fourth-order valence-corrected chi connectivity index (χ4v) is 3.40. The Morgan fingerprint density at radius 1 is 0.852 bits per heavy atom. The summed E-state index contributed by atoms with van der Waals surface area (Å²) in [6.07, 6.45) is 4.08. The number of rotatable bonds is 3. The predicted molar refractivity (Wildman–Crippen MR) is 109 cm³/mol. The lowest BCUT2D eigenvalue weighted by Crippen LogP contribution is -2.34. The molecular formula is C23H32O4. The normalized spacial score (nSPS) is 17.3. The van der Waals surface area contributed by atoms with E-state index in [4.69, 9.17) is 9.47 Å². The maximum absolute atomic E-state index is 13.2. The van der Waals surface area contributed by atoms with Crippen molar-refractivity contribution in [1.29, 1.82) is 0 Å². The van der Waals surface area contributed by atoms with Gasteiger partial charge in [-0.2, -0.15) is 0 Å². The summed E-state index contributed by atoms with van der Waals surface area (Å²) in [5.41, 5.74) is 1.38. The van der Waals surface area contributed by atoms with Crippen molar-refractivity contribution in [3.63, 3.8) is 0 Å². The Bertz CT molecular complexity index is 755. The first-order valence-electron chi connectivity index (χ1n) is 9.21. The molecule has 0 unspecified atom stereocenters. The van der Waals surface area contributed by atoms with E-state index >= 15 is 0 Å². The molecule has 0 saturated carbocycles. The summed E-state index contributed by atoms with van der Waals surface area (Å²) in [5, 5.41) is 10.3. The molecule has 1 aliphatic carbocycles. The van der Waals surface area contributed by atoms with Crippen LogP contribution in [0, 0.1) is 10.8 Å². The van der Waals surface area contributed by atoms with Gasteiger partial charge in [-0.1, -0.05) is 53.7 Å². The number of methoxy groups -OCH3 is 2. The van der Waals surface area contributed by atoms with Crippen LogP contribution in [0.3, 0.4) is 0 Å². The van der Waals surface area contributed by atoms with Gasteiger partial charge in [0.05, 0.1) is 14.2 Å². The van der Waals surface area contributed by atoms with E-state index in [0.29, 0.717) is 11.5 Å². The zero-order chi connectivity index (χ0) is 20.8. The largest absolute Gasteiger partial charge is 0.502 e. The number of carbonyl (C=O) groups excluding carboxylic acids is 1. The van der Waals surface area contributed by atoms with Gasteiger partial charge in [-0.15, -0.1) is 0 Å². The number of ether oxygens (including phenoxy) is 2. The number of aromatic hydroxyl groups is 1. The summed E-state index contributed by atoms with van der Waals surface area (Å²) in [4.78, 5) is 13.2. The monoisotopic (exact) mass is 372 g/mol. The van der Waals surface area contributed by atoms with Gasteiger partial charge in [-0.05, 0) is 35.4 Å². The van der Waals surface area contributed by atoms with Crippen molar-refractivity contribution in [3.05, 3.63) is 41.0 Å². The molecule has 4 nitrogen and oxygen atoms in total. The molecule has 148 valence electrons. The van der Waals surface area contributed by atoms with Gasteiger partial charge in [0, 0.05) is 16.6 Å². The number of hydrogen-bond acceptors (Lipinski definition) is 4. The van der Waals surface area contributed by atoms with Gasteiger partial charge in [-0.25, -0.2) is 0 Å². The number of phenolic OH excluding ortho intramolecular Hbond substituents is 1. The third-order valence-electron chi connectivity index (χ3n) is 5.10. The minimum atomic E-state index is -0.534. The molecule has 0 aliphatic heterocycles. The first kappa shape index (κ1) is 21.1. The number of hydrogen-bond donors (Lipinski definition) is 1. The highest BCUT2D eigenvalue weighted by atomic mass is 16.5. The first-order chi connectivity index (χ1) is 12.2. The summed E-state index contributed by atoms with van der Waals surface area (Å²) in [6.45, 7) is 14.4. The molecule has 0 saturated heterocycles. The van der Waals surface area contributed by atoms with Crippen molar-refractivity contribution in [2.75, 3.05) is 14.2 Å². The summed E-state index contributed by atoms with van der Waals surface area (Å²) in [7, 11) is 3.02.